The molecular weight excluding hydrogens is 711 g/mol. The molecule has 3 aliphatic heterocycles. The van der Waals surface area contributed by atoms with E-state index < -0.39 is 24.3 Å². The molecule has 8 rings (SSSR count). The Balaban J connectivity index is 0.963. The SMILES string of the molecule is COC(=O)N[C@@H](C)C(=O)N1[C@@H]2CC[C@@H](C2)[C@H]1C1=NC=C(c2ccc3cc(-c4ccc5nc([C@@H]6CCCN6C(=O)[C@@H](NC(=O)OC)C(C)C)[nH]c5c4)ccc3c2)C1. The quantitative estimate of drug-likeness (QED) is 0.171. The van der Waals surface area contributed by atoms with Gasteiger partial charge in [-0.1, -0.05) is 44.2 Å². The van der Waals surface area contributed by atoms with E-state index in [-0.39, 0.29) is 35.9 Å². The van der Waals surface area contributed by atoms with Gasteiger partial charge in [-0.3, -0.25) is 14.6 Å². The Kier molecular flexibility index (Phi) is 10.0. The van der Waals surface area contributed by atoms with Gasteiger partial charge in [0.15, 0.2) is 0 Å². The standard InChI is InChI=1S/C43H49N7O6/c1-23(2)37(48-43(54)56-5)41(52)49-16-6-7-36(49)39-46-33-15-13-29(20-34(33)47-39)27-9-8-26-18-28(11-10-25(26)17-27)31-21-35(44-22-31)38-30-12-14-32(19-30)50(38)40(51)24(3)45-42(53)55-4/h8-11,13,15,17-18,20,22-24,30,32,36-38H,6-7,12,14,16,19,21H2,1-5H3,(H,45,53)(H,46,47)(H,48,54)/t24-,30-,32+,36-,37-,38-/m0/s1. The number of alkyl carbamates (subject to hydrolysis) is 2. The van der Waals surface area contributed by atoms with Crippen LogP contribution in [-0.4, -0.2) is 94.4 Å². The van der Waals surface area contributed by atoms with Crippen LogP contribution in [0.4, 0.5) is 9.59 Å². The maximum atomic E-state index is 13.6. The van der Waals surface area contributed by atoms with E-state index in [4.69, 9.17) is 19.5 Å². The second-order valence-electron chi connectivity index (χ2n) is 15.9. The van der Waals surface area contributed by atoms with Gasteiger partial charge in [0, 0.05) is 30.9 Å². The van der Waals surface area contributed by atoms with Crippen molar-refractivity contribution in [2.24, 2.45) is 16.8 Å². The summed E-state index contributed by atoms with van der Waals surface area (Å²) in [4.78, 5) is 68.1. The Morgan fingerprint density at radius 2 is 1.54 bits per heavy atom. The number of aliphatic imine (C=N–C) groups is 1. The van der Waals surface area contributed by atoms with Crippen molar-refractivity contribution >= 4 is 57.1 Å². The minimum absolute atomic E-state index is 0.0599. The molecule has 4 heterocycles. The number of amides is 4. The van der Waals surface area contributed by atoms with Gasteiger partial charge in [-0.25, -0.2) is 14.6 Å². The van der Waals surface area contributed by atoms with Gasteiger partial charge in [-0.05, 0) is 108 Å². The van der Waals surface area contributed by atoms with Crippen molar-refractivity contribution in [3.05, 3.63) is 72.2 Å². The van der Waals surface area contributed by atoms with Gasteiger partial charge >= 0.3 is 12.2 Å². The highest BCUT2D eigenvalue weighted by Crippen LogP contribution is 2.45. The average Bonchev–Trinajstić information content (AvgIpc) is 4.06. The van der Waals surface area contributed by atoms with E-state index in [1.807, 2.05) is 35.9 Å². The molecular formula is C43H49N7O6. The molecule has 292 valence electrons. The predicted octanol–water partition coefficient (Wildman–Crippen LogP) is 6.74. The maximum absolute atomic E-state index is 13.6. The first-order chi connectivity index (χ1) is 27.0. The number of methoxy groups -OCH3 is 2. The molecule has 56 heavy (non-hydrogen) atoms. The number of aromatic amines is 1. The highest BCUT2D eigenvalue weighted by molar-refractivity contribution is 6.05. The lowest BCUT2D eigenvalue weighted by molar-refractivity contribution is -0.136. The number of piperidine rings is 1. The topological polar surface area (TPSA) is 158 Å². The fourth-order valence-corrected chi connectivity index (χ4v) is 9.25. The number of benzene rings is 3. The van der Waals surface area contributed by atoms with Crippen LogP contribution >= 0.6 is 0 Å². The van der Waals surface area contributed by atoms with Gasteiger partial charge in [0.25, 0.3) is 0 Å². The van der Waals surface area contributed by atoms with E-state index in [1.165, 1.54) is 14.2 Å². The fourth-order valence-electron chi connectivity index (χ4n) is 9.25. The maximum Gasteiger partial charge on any atom is 0.407 e. The lowest BCUT2D eigenvalue weighted by Crippen LogP contribution is -2.55. The monoisotopic (exact) mass is 759 g/mol. The summed E-state index contributed by atoms with van der Waals surface area (Å²) in [5.41, 5.74) is 7.12. The summed E-state index contributed by atoms with van der Waals surface area (Å²) >= 11 is 0. The lowest BCUT2D eigenvalue weighted by atomic mass is 9.90. The Labute approximate surface area is 325 Å². The van der Waals surface area contributed by atoms with Crippen molar-refractivity contribution in [2.75, 3.05) is 20.8 Å². The van der Waals surface area contributed by atoms with E-state index in [0.29, 0.717) is 18.9 Å². The summed E-state index contributed by atoms with van der Waals surface area (Å²) in [6, 6.07) is 17.7. The van der Waals surface area contributed by atoms with Gasteiger partial charge < -0.3 is 34.9 Å². The largest absolute Gasteiger partial charge is 0.453 e. The number of carbonyl (C=O) groups excluding carboxylic acids is 4. The molecule has 4 aromatic rings. The van der Waals surface area contributed by atoms with Gasteiger partial charge in [0.05, 0.1) is 37.3 Å². The third-order valence-electron chi connectivity index (χ3n) is 12.1. The Bertz CT molecular complexity index is 2280. The average molecular weight is 760 g/mol. The number of rotatable bonds is 9. The summed E-state index contributed by atoms with van der Waals surface area (Å²) in [6.45, 7) is 6.12. The molecule has 1 aliphatic carbocycles. The van der Waals surface area contributed by atoms with Crippen LogP contribution in [0.2, 0.25) is 0 Å². The van der Waals surface area contributed by atoms with Crippen molar-refractivity contribution < 1.29 is 28.7 Å². The van der Waals surface area contributed by atoms with E-state index in [0.717, 1.165) is 87.7 Å². The number of carbonyl (C=O) groups is 4. The number of fused-ring (bicyclic) bond motifs is 4. The summed E-state index contributed by atoms with van der Waals surface area (Å²) < 4.78 is 9.51. The van der Waals surface area contributed by atoms with E-state index in [1.54, 1.807) is 6.92 Å². The highest BCUT2D eigenvalue weighted by Gasteiger charge is 2.51. The number of imidazole rings is 1. The number of H-pyrrole nitrogens is 1. The van der Waals surface area contributed by atoms with E-state index in [2.05, 4.69) is 64.1 Å². The van der Waals surface area contributed by atoms with Gasteiger partial charge in [0.2, 0.25) is 11.8 Å². The Morgan fingerprint density at radius 3 is 2.29 bits per heavy atom. The minimum atomic E-state index is -0.688. The molecule has 2 bridgehead atoms. The van der Waals surface area contributed by atoms with Crippen LogP contribution in [-0.2, 0) is 19.1 Å². The second-order valence-corrected chi connectivity index (χ2v) is 15.9. The lowest BCUT2D eigenvalue weighted by Gasteiger charge is -2.37. The molecule has 3 N–H and O–H groups in total. The van der Waals surface area contributed by atoms with E-state index in [9.17, 15) is 19.2 Å². The summed E-state index contributed by atoms with van der Waals surface area (Å²) in [6.07, 6.45) is 6.07. The molecule has 1 aromatic heterocycles. The number of hydrogen-bond donors (Lipinski definition) is 3. The summed E-state index contributed by atoms with van der Waals surface area (Å²) in [5.74, 6) is 0.797. The molecule has 6 atom stereocenters. The molecule has 0 spiro atoms. The normalized spacial score (nSPS) is 22.7. The van der Waals surface area contributed by atoms with Gasteiger partial charge in [-0.2, -0.15) is 0 Å². The smallest absolute Gasteiger partial charge is 0.407 e. The highest BCUT2D eigenvalue weighted by atomic mass is 16.5. The molecule has 4 aliphatic rings. The van der Waals surface area contributed by atoms with Crippen molar-refractivity contribution in [3.8, 4) is 11.1 Å². The second kappa shape index (κ2) is 15.1. The number of aromatic nitrogens is 2. The zero-order valence-electron chi connectivity index (χ0n) is 32.5. The van der Waals surface area contributed by atoms with Gasteiger partial charge in [-0.15, -0.1) is 0 Å². The van der Waals surface area contributed by atoms with Crippen molar-refractivity contribution in [1.82, 2.24) is 30.4 Å². The van der Waals surface area contributed by atoms with Crippen LogP contribution in [0.15, 0.2) is 65.8 Å². The molecule has 13 nitrogen and oxygen atoms in total. The molecule has 13 heteroatoms. The number of hydrogen-bond acceptors (Lipinski definition) is 8. The molecule has 2 saturated heterocycles. The summed E-state index contributed by atoms with van der Waals surface area (Å²) in [7, 11) is 2.59. The molecule has 0 unspecified atom stereocenters. The zero-order valence-corrected chi connectivity index (χ0v) is 32.5. The Hall–Kier alpha value is -5.72. The zero-order chi connectivity index (χ0) is 39.2. The third kappa shape index (κ3) is 6.88. The van der Waals surface area contributed by atoms with Crippen LogP contribution in [0, 0.1) is 11.8 Å². The molecule has 0 radical (unpaired) electrons. The van der Waals surface area contributed by atoms with Crippen LogP contribution in [0.5, 0.6) is 0 Å². The van der Waals surface area contributed by atoms with E-state index >= 15 is 0 Å². The van der Waals surface area contributed by atoms with Crippen LogP contribution < -0.4 is 10.6 Å². The minimum Gasteiger partial charge on any atom is -0.453 e. The van der Waals surface area contributed by atoms with Crippen LogP contribution in [0.1, 0.15) is 76.7 Å². The first-order valence-electron chi connectivity index (χ1n) is 19.6. The Morgan fingerprint density at radius 1 is 0.839 bits per heavy atom. The number of likely N-dealkylation sites (tertiary alicyclic amines) is 2. The molecule has 1 saturated carbocycles. The fraction of sp³-hybridized carbons (Fsp3) is 0.442. The first kappa shape index (κ1) is 37.2. The molecule has 4 amide bonds. The van der Waals surface area contributed by atoms with Crippen LogP contribution in [0.25, 0.3) is 38.5 Å². The van der Waals surface area contributed by atoms with Crippen molar-refractivity contribution in [3.63, 3.8) is 0 Å². The number of allylic oxidation sites excluding steroid dienone is 1. The third-order valence-corrected chi connectivity index (χ3v) is 12.1. The summed E-state index contributed by atoms with van der Waals surface area (Å²) in [5, 5.41) is 7.60. The first-order valence-corrected chi connectivity index (χ1v) is 19.6. The number of ether oxygens (including phenoxy) is 2. The van der Waals surface area contributed by atoms with Crippen molar-refractivity contribution in [2.45, 2.75) is 89.5 Å². The van der Waals surface area contributed by atoms with Crippen molar-refractivity contribution in [1.29, 1.82) is 0 Å². The molecule has 3 aromatic carbocycles. The number of nitrogens with zero attached hydrogens (tertiary/aromatic N) is 4. The molecule has 3 fully saturated rings. The number of nitrogens with one attached hydrogen (secondary N) is 3. The van der Waals surface area contributed by atoms with Gasteiger partial charge in [0.1, 0.15) is 17.9 Å². The predicted molar refractivity (Wildman–Crippen MR) is 214 cm³/mol. The van der Waals surface area contributed by atoms with Crippen LogP contribution in [0.3, 0.4) is 0 Å².